The Balaban J connectivity index is 1.96. The van der Waals surface area contributed by atoms with Crippen LogP contribution >= 0.6 is 11.6 Å². The molecule has 90 valence electrons. The van der Waals surface area contributed by atoms with Crippen molar-refractivity contribution in [2.45, 2.75) is 6.92 Å². The van der Waals surface area contributed by atoms with Crippen molar-refractivity contribution < 1.29 is 8.83 Å². The Labute approximate surface area is 108 Å². The molecule has 5 heteroatoms. The van der Waals surface area contributed by atoms with Crippen LogP contribution in [0.15, 0.2) is 45.2 Å². The number of hydrogen-bond donors (Lipinski definition) is 0. The number of hydrogen-bond acceptors (Lipinski definition) is 4. The lowest BCUT2D eigenvalue weighted by Gasteiger charge is -1.93. The lowest BCUT2D eigenvalue weighted by Crippen LogP contribution is -1.76. The van der Waals surface area contributed by atoms with E-state index in [1.54, 1.807) is 18.2 Å². The van der Waals surface area contributed by atoms with Gasteiger partial charge < -0.3 is 8.83 Å². The van der Waals surface area contributed by atoms with Crippen molar-refractivity contribution in [2.75, 3.05) is 0 Å². The van der Waals surface area contributed by atoms with Gasteiger partial charge in [0.05, 0.1) is 0 Å². The maximum atomic E-state index is 5.82. The highest BCUT2D eigenvalue weighted by Crippen LogP contribution is 2.25. The molecule has 3 aromatic rings. The summed E-state index contributed by atoms with van der Waals surface area (Å²) in [5, 5.41) is 8.60. The molecule has 3 rings (SSSR count). The number of aryl methyl sites for hydroxylation is 1. The number of furan rings is 1. The molecular weight excluding hydrogens is 252 g/mol. The average molecular weight is 261 g/mol. The maximum Gasteiger partial charge on any atom is 0.283 e. The van der Waals surface area contributed by atoms with Gasteiger partial charge in [-0.2, -0.15) is 0 Å². The molecule has 0 aliphatic heterocycles. The van der Waals surface area contributed by atoms with Gasteiger partial charge in [0.2, 0.25) is 5.89 Å². The van der Waals surface area contributed by atoms with Gasteiger partial charge in [0, 0.05) is 10.6 Å². The Morgan fingerprint density at radius 2 is 1.61 bits per heavy atom. The second-order valence-electron chi connectivity index (χ2n) is 3.83. The van der Waals surface area contributed by atoms with Crippen molar-refractivity contribution in [1.82, 2.24) is 10.2 Å². The monoisotopic (exact) mass is 260 g/mol. The largest absolute Gasteiger partial charge is 0.456 e. The van der Waals surface area contributed by atoms with E-state index in [-0.39, 0.29) is 0 Å². The first kappa shape index (κ1) is 11.0. The Hall–Kier alpha value is -2.07. The third kappa shape index (κ3) is 2.02. The molecule has 0 radical (unpaired) electrons. The average Bonchev–Trinajstić information content (AvgIpc) is 2.98. The molecule has 2 aromatic heterocycles. The van der Waals surface area contributed by atoms with Gasteiger partial charge in [-0.3, -0.25) is 0 Å². The van der Waals surface area contributed by atoms with Crippen molar-refractivity contribution >= 4 is 11.6 Å². The molecule has 0 atom stereocenters. The first-order valence-corrected chi connectivity index (χ1v) is 5.76. The van der Waals surface area contributed by atoms with Gasteiger partial charge in [-0.1, -0.05) is 11.6 Å². The van der Waals surface area contributed by atoms with Crippen molar-refractivity contribution in [1.29, 1.82) is 0 Å². The van der Waals surface area contributed by atoms with E-state index in [2.05, 4.69) is 10.2 Å². The highest BCUT2D eigenvalue weighted by molar-refractivity contribution is 6.30. The summed E-state index contributed by atoms with van der Waals surface area (Å²) in [6.45, 7) is 1.86. The zero-order valence-corrected chi connectivity index (χ0v) is 10.3. The molecule has 0 aliphatic rings. The Bertz CT molecular complexity index is 670. The van der Waals surface area contributed by atoms with Crippen molar-refractivity contribution in [3.8, 4) is 23.1 Å². The predicted octanol–water partition coefficient (Wildman–Crippen LogP) is 3.96. The minimum atomic E-state index is 0.369. The SMILES string of the molecule is Cc1ccc(-c2nnc(-c3ccc(Cl)cc3)o2)o1. The molecule has 0 spiro atoms. The van der Waals surface area contributed by atoms with Gasteiger partial charge in [0.25, 0.3) is 5.89 Å². The number of benzene rings is 1. The quantitative estimate of drug-likeness (QED) is 0.700. The lowest BCUT2D eigenvalue weighted by atomic mass is 10.2. The minimum absolute atomic E-state index is 0.369. The van der Waals surface area contributed by atoms with Crippen LogP contribution in [-0.4, -0.2) is 10.2 Å². The van der Waals surface area contributed by atoms with E-state index >= 15 is 0 Å². The van der Waals surface area contributed by atoms with Crippen LogP contribution in [0.25, 0.3) is 23.1 Å². The van der Waals surface area contributed by atoms with Crippen LogP contribution in [0.2, 0.25) is 5.02 Å². The number of nitrogens with zero attached hydrogens (tertiary/aromatic N) is 2. The fourth-order valence-electron chi connectivity index (χ4n) is 1.58. The van der Waals surface area contributed by atoms with Gasteiger partial charge in [-0.15, -0.1) is 10.2 Å². The standard InChI is InChI=1S/C13H9ClN2O2/c1-8-2-7-11(17-8)13-16-15-12(18-13)9-3-5-10(14)6-4-9/h2-7H,1H3. The summed E-state index contributed by atoms with van der Waals surface area (Å²) in [6, 6.07) is 10.9. The summed E-state index contributed by atoms with van der Waals surface area (Å²) in [5.41, 5.74) is 0.821. The van der Waals surface area contributed by atoms with Crippen molar-refractivity contribution in [3.05, 3.63) is 47.2 Å². The normalized spacial score (nSPS) is 10.8. The summed E-state index contributed by atoms with van der Waals surface area (Å²) in [5.74, 6) is 2.18. The summed E-state index contributed by atoms with van der Waals surface area (Å²) >= 11 is 5.82. The third-order valence-electron chi connectivity index (χ3n) is 2.47. The predicted molar refractivity (Wildman–Crippen MR) is 67.2 cm³/mol. The van der Waals surface area contributed by atoms with E-state index < -0.39 is 0 Å². The first-order valence-electron chi connectivity index (χ1n) is 5.38. The van der Waals surface area contributed by atoms with Crippen LogP contribution in [0.1, 0.15) is 5.76 Å². The smallest absolute Gasteiger partial charge is 0.283 e. The second-order valence-corrected chi connectivity index (χ2v) is 4.27. The Morgan fingerprint density at radius 1 is 0.889 bits per heavy atom. The summed E-state index contributed by atoms with van der Waals surface area (Å²) < 4.78 is 11.0. The van der Waals surface area contributed by atoms with Crippen molar-refractivity contribution in [2.24, 2.45) is 0 Å². The van der Waals surface area contributed by atoms with E-state index in [1.807, 2.05) is 25.1 Å². The molecule has 0 saturated heterocycles. The number of aromatic nitrogens is 2. The van der Waals surface area contributed by atoms with E-state index in [1.165, 1.54) is 0 Å². The lowest BCUT2D eigenvalue weighted by molar-refractivity contribution is 0.505. The highest BCUT2D eigenvalue weighted by atomic mass is 35.5. The van der Waals surface area contributed by atoms with Crippen LogP contribution in [-0.2, 0) is 0 Å². The minimum Gasteiger partial charge on any atom is -0.456 e. The molecule has 0 unspecified atom stereocenters. The van der Waals surface area contributed by atoms with E-state index in [0.717, 1.165) is 11.3 Å². The molecular formula is C13H9ClN2O2. The van der Waals surface area contributed by atoms with Gasteiger partial charge in [-0.25, -0.2) is 0 Å². The van der Waals surface area contributed by atoms with Crippen LogP contribution in [0.5, 0.6) is 0 Å². The molecule has 2 heterocycles. The first-order chi connectivity index (χ1) is 8.72. The molecule has 4 nitrogen and oxygen atoms in total. The zero-order valence-electron chi connectivity index (χ0n) is 9.55. The van der Waals surface area contributed by atoms with E-state index in [4.69, 9.17) is 20.4 Å². The Kier molecular flexibility index (Phi) is 2.64. The van der Waals surface area contributed by atoms with Gasteiger partial charge in [0.1, 0.15) is 5.76 Å². The van der Waals surface area contributed by atoms with E-state index in [0.29, 0.717) is 22.6 Å². The van der Waals surface area contributed by atoms with Crippen LogP contribution in [0, 0.1) is 6.92 Å². The van der Waals surface area contributed by atoms with Crippen LogP contribution in [0.4, 0.5) is 0 Å². The van der Waals surface area contributed by atoms with Crippen molar-refractivity contribution in [3.63, 3.8) is 0 Å². The third-order valence-corrected chi connectivity index (χ3v) is 2.72. The van der Waals surface area contributed by atoms with Gasteiger partial charge in [-0.05, 0) is 43.3 Å². The summed E-state index contributed by atoms with van der Waals surface area (Å²) in [6.07, 6.45) is 0. The molecule has 0 amide bonds. The highest BCUT2D eigenvalue weighted by Gasteiger charge is 2.12. The van der Waals surface area contributed by atoms with Crippen LogP contribution in [0.3, 0.4) is 0 Å². The fraction of sp³-hybridized carbons (Fsp3) is 0.0769. The fourth-order valence-corrected chi connectivity index (χ4v) is 1.71. The molecule has 0 bridgehead atoms. The molecule has 18 heavy (non-hydrogen) atoms. The maximum absolute atomic E-state index is 5.82. The molecule has 0 saturated carbocycles. The Morgan fingerprint density at radius 3 is 2.28 bits per heavy atom. The number of rotatable bonds is 2. The zero-order chi connectivity index (χ0) is 12.5. The van der Waals surface area contributed by atoms with E-state index in [9.17, 15) is 0 Å². The molecule has 1 aromatic carbocycles. The molecule has 0 fully saturated rings. The van der Waals surface area contributed by atoms with Crippen LogP contribution < -0.4 is 0 Å². The summed E-state index contributed by atoms with van der Waals surface area (Å²) in [7, 11) is 0. The molecule has 0 N–H and O–H groups in total. The molecule has 0 aliphatic carbocycles. The van der Waals surface area contributed by atoms with Gasteiger partial charge >= 0.3 is 0 Å². The van der Waals surface area contributed by atoms with Gasteiger partial charge in [0.15, 0.2) is 5.76 Å². The second kappa shape index (κ2) is 4.31. The number of halogens is 1. The topological polar surface area (TPSA) is 52.1 Å². The summed E-state index contributed by atoms with van der Waals surface area (Å²) in [4.78, 5) is 0.